The molecule has 0 aliphatic rings. The maximum Gasteiger partial charge on any atom is 0.244 e. The van der Waals surface area contributed by atoms with E-state index in [-0.39, 0.29) is 12.5 Å². The molecule has 1 aromatic heterocycles. The number of aryl methyl sites for hydroxylation is 2. The van der Waals surface area contributed by atoms with Gasteiger partial charge in [0.2, 0.25) is 5.91 Å². The van der Waals surface area contributed by atoms with Crippen molar-refractivity contribution < 1.29 is 4.79 Å². The van der Waals surface area contributed by atoms with Crippen LogP contribution in [0.15, 0.2) is 48.8 Å². The molecular formula is C17H17N3O. The lowest BCUT2D eigenvalue weighted by molar-refractivity contribution is -0.116. The van der Waals surface area contributed by atoms with Crippen LogP contribution in [0, 0.1) is 13.8 Å². The molecule has 0 fully saturated rings. The van der Waals surface area contributed by atoms with Crippen LogP contribution >= 0.6 is 0 Å². The number of carbonyl (C=O) groups excluding carboxylic acids is 1. The van der Waals surface area contributed by atoms with Gasteiger partial charge in [-0.3, -0.25) is 4.79 Å². The maximum atomic E-state index is 12.3. The Morgan fingerprint density at radius 3 is 2.57 bits per heavy atom. The van der Waals surface area contributed by atoms with Crippen molar-refractivity contribution in [2.45, 2.75) is 20.4 Å². The van der Waals surface area contributed by atoms with E-state index in [1.807, 2.05) is 60.9 Å². The molecule has 21 heavy (non-hydrogen) atoms. The average Bonchev–Trinajstić information content (AvgIpc) is 2.87. The summed E-state index contributed by atoms with van der Waals surface area (Å²) in [5, 5.41) is 2.99. The molecule has 0 radical (unpaired) electrons. The zero-order chi connectivity index (χ0) is 14.8. The lowest BCUT2D eigenvalue weighted by Crippen LogP contribution is -2.19. The number of para-hydroxylation sites is 3. The summed E-state index contributed by atoms with van der Waals surface area (Å²) in [6, 6.07) is 13.8. The number of hydrogen-bond donors (Lipinski definition) is 1. The number of aromatic nitrogens is 2. The summed E-state index contributed by atoms with van der Waals surface area (Å²) in [6.07, 6.45) is 1.70. The van der Waals surface area contributed by atoms with Gasteiger partial charge in [-0.2, -0.15) is 0 Å². The molecule has 0 aliphatic carbocycles. The molecule has 1 N–H and O–H groups in total. The van der Waals surface area contributed by atoms with Gasteiger partial charge in [0, 0.05) is 5.69 Å². The van der Waals surface area contributed by atoms with Gasteiger partial charge in [0.15, 0.2) is 0 Å². The van der Waals surface area contributed by atoms with Crippen molar-refractivity contribution in [1.82, 2.24) is 9.55 Å². The first-order valence-corrected chi connectivity index (χ1v) is 6.91. The number of rotatable bonds is 3. The van der Waals surface area contributed by atoms with Gasteiger partial charge in [-0.05, 0) is 37.1 Å². The number of benzene rings is 2. The second kappa shape index (κ2) is 5.40. The van der Waals surface area contributed by atoms with Crippen molar-refractivity contribution in [3.8, 4) is 0 Å². The Morgan fingerprint density at radius 2 is 1.81 bits per heavy atom. The molecule has 106 valence electrons. The van der Waals surface area contributed by atoms with Crippen LogP contribution in [0.25, 0.3) is 11.0 Å². The van der Waals surface area contributed by atoms with Crippen molar-refractivity contribution in [2.75, 3.05) is 5.32 Å². The predicted molar refractivity (Wildman–Crippen MR) is 84.3 cm³/mol. The van der Waals surface area contributed by atoms with Crippen molar-refractivity contribution in [2.24, 2.45) is 0 Å². The number of fused-ring (bicyclic) bond motifs is 1. The fourth-order valence-corrected chi connectivity index (χ4v) is 2.48. The minimum atomic E-state index is -0.0458. The van der Waals surface area contributed by atoms with Gasteiger partial charge in [-0.25, -0.2) is 4.98 Å². The largest absolute Gasteiger partial charge is 0.324 e. The highest BCUT2D eigenvalue weighted by molar-refractivity contribution is 5.93. The molecule has 2 aromatic carbocycles. The first-order chi connectivity index (χ1) is 10.1. The van der Waals surface area contributed by atoms with E-state index in [4.69, 9.17) is 0 Å². The van der Waals surface area contributed by atoms with Gasteiger partial charge in [-0.1, -0.05) is 30.3 Å². The van der Waals surface area contributed by atoms with Crippen LogP contribution in [0.4, 0.5) is 5.69 Å². The maximum absolute atomic E-state index is 12.3. The van der Waals surface area contributed by atoms with Gasteiger partial charge < -0.3 is 9.88 Å². The van der Waals surface area contributed by atoms with E-state index in [2.05, 4.69) is 10.3 Å². The second-order valence-corrected chi connectivity index (χ2v) is 5.18. The molecule has 0 spiro atoms. The molecule has 1 heterocycles. The van der Waals surface area contributed by atoms with Gasteiger partial charge in [0.05, 0.1) is 17.4 Å². The minimum absolute atomic E-state index is 0.0458. The quantitative estimate of drug-likeness (QED) is 0.799. The third-order valence-corrected chi connectivity index (χ3v) is 3.59. The molecule has 0 bridgehead atoms. The molecule has 3 aromatic rings. The predicted octanol–water partition coefficient (Wildman–Crippen LogP) is 3.29. The Bertz CT molecular complexity index is 784. The number of imidazole rings is 1. The van der Waals surface area contributed by atoms with Gasteiger partial charge in [0.25, 0.3) is 0 Å². The average molecular weight is 279 g/mol. The Morgan fingerprint density at radius 1 is 1.10 bits per heavy atom. The van der Waals surface area contributed by atoms with Crippen LogP contribution in [0.3, 0.4) is 0 Å². The van der Waals surface area contributed by atoms with Crippen LogP contribution in [0.5, 0.6) is 0 Å². The lowest BCUT2D eigenvalue weighted by atomic mass is 10.1. The fourth-order valence-electron chi connectivity index (χ4n) is 2.48. The third-order valence-electron chi connectivity index (χ3n) is 3.59. The zero-order valence-corrected chi connectivity index (χ0v) is 12.1. The summed E-state index contributed by atoms with van der Waals surface area (Å²) in [5.41, 5.74) is 4.90. The van der Waals surface area contributed by atoms with E-state index in [9.17, 15) is 4.79 Å². The molecular weight excluding hydrogens is 262 g/mol. The summed E-state index contributed by atoms with van der Waals surface area (Å²) in [5.74, 6) is -0.0458. The summed E-state index contributed by atoms with van der Waals surface area (Å²) in [4.78, 5) is 16.6. The van der Waals surface area contributed by atoms with Gasteiger partial charge in [-0.15, -0.1) is 0 Å². The minimum Gasteiger partial charge on any atom is -0.324 e. The van der Waals surface area contributed by atoms with E-state index >= 15 is 0 Å². The first kappa shape index (κ1) is 13.4. The highest BCUT2D eigenvalue weighted by atomic mass is 16.1. The van der Waals surface area contributed by atoms with Crippen LogP contribution in [-0.2, 0) is 11.3 Å². The number of amides is 1. The fraction of sp³-hybridized carbons (Fsp3) is 0.176. The number of nitrogens with zero attached hydrogens (tertiary/aromatic N) is 2. The molecule has 3 rings (SSSR count). The third kappa shape index (κ3) is 2.65. The SMILES string of the molecule is Cc1cccc(C)c1NC(=O)Cn1cnc2ccccc21. The van der Waals surface area contributed by atoms with Crippen LogP contribution in [0.2, 0.25) is 0 Å². The number of carbonyl (C=O) groups is 1. The monoisotopic (exact) mass is 279 g/mol. The van der Waals surface area contributed by atoms with Gasteiger partial charge in [0.1, 0.15) is 6.54 Å². The zero-order valence-electron chi connectivity index (χ0n) is 12.1. The summed E-state index contributed by atoms with van der Waals surface area (Å²) in [7, 11) is 0. The topological polar surface area (TPSA) is 46.9 Å². The molecule has 4 heteroatoms. The first-order valence-electron chi connectivity index (χ1n) is 6.91. The smallest absolute Gasteiger partial charge is 0.244 e. The van der Waals surface area contributed by atoms with E-state index in [1.165, 1.54) is 0 Å². The van der Waals surface area contributed by atoms with E-state index < -0.39 is 0 Å². The van der Waals surface area contributed by atoms with Crippen molar-refractivity contribution in [1.29, 1.82) is 0 Å². The van der Waals surface area contributed by atoms with Crippen LogP contribution < -0.4 is 5.32 Å². The number of anilines is 1. The molecule has 0 saturated heterocycles. The van der Waals surface area contributed by atoms with E-state index in [0.29, 0.717) is 0 Å². The molecule has 0 atom stereocenters. The summed E-state index contributed by atoms with van der Waals surface area (Å²) < 4.78 is 1.86. The van der Waals surface area contributed by atoms with Crippen LogP contribution in [0.1, 0.15) is 11.1 Å². The number of nitrogens with one attached hydrogen (secondary N) is 1. The Hall–Kier alpha value is -2.62. The normalized spacial score (nSPS) is 10.8. The van der Waals surface area contributed by atoms with Crippen LogP contribution in [-0.4, -0.2) is 15.5 Å². The van der Waals surface area contributed by atoms with Crippen molar-refractivity contribution >= 4 is 22.6 Å². The molecule has 4 nitrogen and oxygen atoms in total. The molecule has 0 aliphatic heterocycles. The van der Waals surface area contributed by atoms with Crippen molar-refractivity contribution in [3.05, 3.63) is 59.9 Å². The summed E-state index contributed by atoms with van der Waals surface area (Å²) >= 11 is 0. The highest BCUT2D eigenvalue weighted by Crippen LogP contribution is 2.19. The Balaban J connectivity index is 1.81. The Kier molecular flexibility index (Phi) is 3.44. The standard InChI is InChI=1S/C17H17N3O/c1-12-6-5-7-13(2)17(12)19-16(21)10-20-11-18-14-8-3-4-9-15(14)20/h3-9,11H,10H2,1-2H3,(H,19,21). The molecule has 0 unspecified atom stereocenters. The second-order valence-electron chi connectivity index (χ2n) is 5.18. The number of hydrogen-bond acceptors (Lipinski definition) is 2. The van der Waals surface area contributed by atoms with Gasteiger partial charge >= 0.3 is 0 Å². The summed E-state index contributed by atoms with van der Waals surface area (Å²) in [6.45, 7) is 4.25. The Labute approximate surface area is 123 Å². The lowest BCUT2D eigenvalue weighted by Gasteiger charge is -2.12. The van der Waals surface area contributed by atoms with E-state index in [0.717, 1.165) is 27.8 Å². The molecule has 0 saturated carbocycles. The van der Waals surface area contributed by atoms with Crippen molar-refractivity contribution in [3.63, 3.8) is 0 Å². The molecule has 1 amide bonds. The van der Waals surface area contributed by atoms with E-state index in [1.54, 1.807) is 6.33 Å². The highest BCUT2D eigenvalue weighted by Gasteiger charge is 2.09.